The molecule has 0 saturated heterocycles. The smallest absolute Gasteiger partial charge is 0.0541 e. The highest BCUT2D eigenvalue weighted by Gasteiger charge is 2.37. The van der Waals surface area contributed by atoms with Gasteiger partial charge >= 0.3 is 0 Å². The molecule has 0 spiro atoms. The highest BCUT2D eigenvalue weighted by molar-refractivity contribution is 6.12. The van der Waals surface area contributed by atoms with E-state index in [9.17, 15) is 0 Å². The molecule has 0 atom stereocenters. The first kappa shape index (κ1) is 32.3. The zero-order valence-electron chi connectivity index (χ0n) is 31.1. The molecule has 0 amide bonds. The lowest BCUT2D eigenvalue weighted by Crippen LogP contribution is -2.17. The van der Waals surface area contributed by atoms with Crippen LogP contribution in [0.1, 0.15) is 50.3 Å². The van der Waals surface area contributed by atoms with Crippen molar-refractivity contribution in [1.82, 2.24) is 9.13 Å². The van der Waals surface area contributed by atoms with E-state index in [0.717, 1.165) is 24.1 Å². The molecule has 10 rings (SSSR count). The molecular formula is C52H42N2. The Labute approximate surface area is 317 Å². The number of benzene rings is 6. The Kier molecular flexibility index (Phi) is 7.39. The topological polar surface area (TPSA) is 9.86 Å². The maximum absolute atomic E-state index is 3.91. The summed E-state index contributed by atoms with van der Waals surface area (Å²) in [6.45, 7) is 10.7. The van der Waals surface area contributed by atoms with Crippen LogP contribution < -0.4 is 0 Å². The first-order chi connectivity index (χ1) is 26.5. The van der Waals surface area contributed by atoms with Crippen molar-refractivity contribution < 1.29 is 0 Å². The van der Waals surface area contributed by atoms with Gasteiger partial charge in [0.2, 0.25) is 0 Å². The molecule has 8 aromatic rings. The summed E-state index contributed by atoms with van der Waals surface area (Å²) in [5, 5.41) is 5.05. The van der Waals surface area contributed by atoms with E-state index in [0.29, 0.717) is 0 Å². The molecule has 2 aliphatic rings. The third kappa shape index (κ3) is 4.80. The quantitative estimate of drug-likeness (QED) is 0.153. The fourth-order valence-electron chi connectivity index (χ4n) is 9.34. The van der Waals surface area contributed by atoms with Gasteiger partial charge in [-0.15, -0.1) is 0 Å². The number of hydrogen-bond acceptors (Lipinski definition) is 0. The molecule has 0 bridgehead atoms. The number of aromatic nitrogens is 2. The van der Waals surface area contributed by atoms with Crippen LogP contribution in [-0.2, 0) is 5.41 Å². The Hall–Kier alpha value is -6.38. The van der Waals surface area contributed by atoms with Crippen LogP contribution in [0, 0.1) is 0 Å². The fourth-order valence-corrected chi connectivity index (χ4v) is 9.34. The van der Waals surface area contributed by atoms with E-state index < -0.39 is 0 Å². The van der Waals surface area contributed by atoms with Gasteiger partial charge in [0.05, 0.1) is 22.1 Å². The predicted octanol–water partition coefficient (Wildman–Crippen LogP) is 14.1. The molecule has 6 aromatic carbocycles. The largest absolute Gasteiger partial charge is 0.309 e. The van der Waals surface area contributed by atoms with Crippen molar-refractivity contribution in [3.63, 3.8) is 0 Å². The highest BCUT2D eigenvalue weighted by atomic mass is 15.0. The van der Waals surface area contributed by atoms with Gasteiger partial charge in [0.1, 0.15) is 0 Å². The van der Waals surface area contributed by atoms with Crippen molar-refractivity contribution >= 4 is 54.8 Å². The monoisotopic (exact) mass is 694 g/mol. The minimum absolute atomic E-state index is 0.00668. The lowest BCUT2D eigenvalue weighted by Gasteiger charge is -2.24. The van der Waals surface area contributed by atoms with Crippen molar-refractivity contribution in [3.05, 3.63) is 193 Å². The normalized spacial score (nSPS) is 15.3. The van der Waals surface area contributed by atoms with Crippen LogP contribution in [0.15, 0.2) is 176 Å². The van der Waals surface area contributed by atoms with Crippen molar-refractivity contribution in [2.75, 3.05) is 0 Å². The maximum atomic E-state index is 3.91. The van der Waals surface area contributed by atoms with Crippen LogP contribution in [-0.4, -0.2) is 9.13 Å². The molecule has 0 radical (unpaired) electrons. The van der Waals surface area contributed by atoms with E-state index in [2.05, 4.69) is 187 Å². The van der Waals surface area contributed by atoms with Crippen molar-refractivity contribution in [2.45, 2.75) is 39.0 Å². The van der Waals surface area contributed by atoms with Crippen LogP contribution in [0.4, 0.5) is 0 Å². The van der Waals surface area contributed by atoms with E-state index in [4.69, 9.17) is 0 Å². The predicted molar refractivity (Wildman–Crippen MR) is 232 cm³/mol. The summed E-state index contributed by atoms with van der Waals surface area (Å²) in [7, 11) is 0. The standard InChI is InChI=1S/C52H42N2/c1-5-13-34(14-6-2)35-21-25-38(26-22-35)53-48-19-11-8-16-42(48)44-31-36(23-29-50(44)53)37-24-30-51-45(32-37)43-17-9-12-20-49(43)54(51)39-27-28-41-40-15-7-10-18-46(40)52(3,4)47(41)33-39/h5-6,8-14,16-33H,1,7,15H2,2-4H3/b14-6-,34-13+. The van der Waals surface area contributed by atoms with Crippen LogP contribution in [0.5, 0.6) is 0 Å². The number of rotatable bonds is 6. The average molecular weight is 695 g/mol. The van der Waals surface area contributed by atoms with Crippen LogP contribution in [0.2, 0.25) is 0 Å². The van der Waals surface area contributed by atoms with Gasteiger partial charge in [-0.05, 0) is 125 Å². The molecule has 0 unspecified atom stereocenters. The molecule has 2 aromatic heterocycles. The van der Waals surface area contributed by atoms with Crippen LogP contribution in [0.25, 0.3) is 77.3 Å². The summed E-state index contributed by atoms with van der Waals surface area (Å²) in [6.07, 6.45) is 15.1. The maximum Gasteiger partial charge on any atom is 0.0541 e. The number of hydrogen-bond donors (Lipinski definition) is 0. The zero-order valence-corrected chi connectivity index (χ0v) is 31.1. The van der Waals surface area contributed by atoms with Gasteiger partial charge in [-0.25, -0.2) is 0 Å². The second kappa shape index (κ2) is 12.4. The van der Waals surface area contributed by atoms with Gasteiger partial charge in [-0.2, -0.15) is 0 Å². The third-order valence-electron chi connectivity index (χ3n) is 11.9. The lowest BCUT2D eigenvalue weighted by atomic mass is 9.80. The molecule has 260 valence electrons. The van der Waals surface area contributed by atoms with Crippen molar-refractivity contribution in [1.29, 1.82) is 0 Å². The Morgan fingerprint density at radius 2 is 1.24 bits per heavy atom. The Bertz CT molecular complexity index is 2970. The second-order valence-electron chi connectivity index (χ2n) is 15.3. The molecular weight excluding hydrogens is 653 g/mol. The van der Waals surface area contributed by atoms with Gasteiger partial charge in [-0.3, -0.25) is 0 Å². The van der Waals surface area contributed by atoms with E-state index in [1.54, 1.807) is 0 Å². The summed E-state index contributed by atoms with van der Waals surface area (Å²) < 4.78 is 4.86. The molecule has 0 saturated carbocycles. The minimum atomic E-state index is -0.00668. The van der Waals surface area contributed by atoms with Gasteiger partial charge in [0.25, 0.3) is 0 Å². The highest BCUT2D eigenvalue weighted by Crippen LogP contribution is 2.51. The summed E-state index contributed by atoms with van der Waals surface area (Å²) in [4.78, 5) is 0. The summed E-state index contributed by atoms with van der Waals surface area (Å²) in [5.41, 5.74) is 17.9. The molecule has 2 nitrogen and oxygen atoms in total. The van der Waals surface area contributed by atoms with Gasteiger partial charge in [-0.1, -0.05) is 124 Å². The average Bonchev–Trinajstić information content (AvgIpc) is 3.80. The van der Waals surface area contributed by atoms with E-state index >= 15 is 0 Å². The van der Waals surface area contributed by atoms with Gasteiger partial charge in [0, 0.05) is 38.3 Å². The van der Waals surface area contributed by atoms with Gasteiger partial charge < -0.3 is 9.13 Å². The Balaban J connectivity index is 1.09. The van der Waals surface area contributed by atoms with Gasteiger partial charge in [0.15, 0.2) is 0 Å². The van der Waals surface area contributed by atoms with E-state index in [-0.39, 0.29) is 5.41 Å². The van der Waals surface area contributed by atoms with Crippen molar-refractivity contribution in [2.24, 2.45) is 0 Å². The summed E-state index contributed by atoms with van der Waals surface area (Å²) in [5.74, 6) is 0. The molecule has 2 aliphatic carbocycles. The number of para-hydroxylation sites is 2. The third-order valence-corrected chi connectivity index (χ3v) is 11.9. The number of fused-ring (bicyclic) bond motifs is 8. The lowest BCUT2D eigenvalue weighted by molar-refractivity contribution is 0.651. The SMILES string of the molecule is C=C/C=C(\C=C/C)c1ccc(-n2c3ccccc3c3cc(-c4ccc5c(c4)c4ccccc4n5-c4ccc5c(c4)C(C)(C)C4=C5CCC=C4)ccc32)cc1. The first-order valence-corrected chi connectivity index (χ1v) is 19.1. The fraction of sp³-hybridized carbons (Fsp3) is 0.115. The minimum Gasteiger partial charge on any atom is -0.309 e. The molecule has 0 fully saturated rings. The Morgan fingerprint density at radius 3 is 1.87 bits per heavy atom. The Morgan fingerprint density at radius 1 is 0.648 bits per heavy atom. The molecule has 2 heterocycles. The first-order valence-electron chi connectivity index (χ1n) is 19.1. The molecule has 0 N–H and O–H groups in total. The molecule has 54 heavy (non-hydrogen) atoms. The van der Waals surface area contributed by atoms with E-state index in [1.807, 2.05) is 13.0 Å². The summed E-state index contributed by atoms with van der Waals surface area (Å²) in [6, 6.07) is 47.7. The molecule has 0 aliphatic heterocycles. The number of nitrogens with zero attached hydrogens (tertiary/aromatic N) is 2. The van der Waals surface area contributed by atoms with Crippen molar-refractivity contribution in [3.8, 4) is 22.5 Å². The number of allylic oxidation sites excluding steroid dienone is 9. The van der Waals surface area contributed by atoms with Crippen LogP contribution >= 0.6 is 0 Å². The molecule has 2 heteroatoms. The summed E-state index contributed by atoms with van der Waals surface area (Å²) >= 11 is 0. The second-order valence-corrected chi connectivity index (χ2v) is 15.3. The van der Waals surface area contributed by atoms with Crippen LogP contribution in [0.3, 0.4) is 0 Å². The zero-order chi connectivity index (χ0) is 36.6. The van der Waals surface area contributed by atoms with E-state index in [1.165, 1.54) is 88.3 Å².